The lowest BCUT2D eigenvalue weighted by Crippen LogP contribution is -2.33. The second-order valence-electron chi connectivity index (χ2n) is 6.65. The number of carbonyl (C=O) groups excluding carboxylic acids is 2. The molecule has 0 aliphatic carbocycles. The van der Waals surface area contributed by atoms with Crippen LogP contribution in [0.3, 0.4) is 0 Å². The zero-order chi connectivity index (χ0) is 20.8. The Morgan fingerprint density at radius 1 is 0.966 bits per heavy atom. The van der Waals surface area contributed by atoms with Gasteiger partial charge in [-0.25, -0.2) is 4.39 Å². The highest BCUT2D eigenvalue weighted by Crippen LogP contribution is 2.36. The van der Waals surface area contributed by atoms with Crippen molar-refractivity contribution < 1.29 is 18.7 Å². The van der Waals surface area contributed by atoms with E-state index < -0.39 is 0 Å². The van der Waals surface area contributed by atoms with Crippen LogP contribution in [-0.2, 0) is 16.0 Å². The summed E-state index contributed by atoms with van der Waals surface area (Å²) in [5.74, 6) is 0.590. The van der Waals surface area contributed by atoms with Crippen LogP contribution in [0.25, 0.3) is 5.57 Å². The molecule has 0 unspecified atom stereocenters. The fourth-order valence-electron chi connectivity index (χ4n) is 3.12. The SMILES string of the molecule is CCCOc1ccc(C2=C(SCC)C(=O)N(CCc3ccc(F)cc3)C2=O)cc1. The average Bonchev–Trinajstić information content (AvgIpc) is 2.96. The zero-order valence-electron chi connectivity index (χ0n) is 16.6. The Morgan fingerprint density at radius 2 is 1.66 bits per heavy atom. The molecule has 0 saturated heterocycles. The number of imide groups is 1. The minimum atomic E-state index is -0.306. The second-order valence-corrected chi connectivity index (χ2v) is 7.92. The molecule has 1 aliphatic heterocycles. The zero-order valence-corrected chi connectivity index (χ0v) is 17.4. The monoisotopic (exact) mass is 413 g/mol. The molecule has 0 fully saturated rings. The molecule has 2 amide bonds. The molecule has 0 bridgehead atoms. The lowest BCUT2D eigenvalue weighted by molar-refractivity contribution is -0.136. The maximum atomic E-state index is 13.1. The van der Waals surface area contributed by atoms with Gasteiger partial charge in [-0.3, -0.25) is 14.5 Å². The third-order valence-corrected chi connectivity index (χ3v) is 5.52. The van der Waals surface area contributed by atoms with Gasteiger partial charge in [0.15, 0.2) is 0 Å². The number of nitrogens with zero attached hydrogens (tertiary/aromatic N) is 1. The number of ether oxygens (including phenoxy) is 1. The first kappa shape index (κ1) is 21.1. The highest BCUT2D eigenvalue weighted by Gasteiger charge is 2.38. The number of benzene rings is 2. The summed E-state index contributed by atoms with van der Waals surface area (Å²) in [4.78, 5) is 27.8. The van der Waals surface area contributed by atoms with Crippen LogP contribution < -0.4 is 4.74 Å². The van der Waals surface area contributed by atoms with Crippen molar-refractivity contribution >= 4 is 29.1 Å². The van der Waals surface area contributed by atoms with Gasteiger partial charge in [0.2, 0.25) is 0 Å². The van der Waals surface area contributed by atoms with E-state index in [0.29, 0.717) is 34.8 Å². The van der Waals surface area contributed by atoms with Crippen molar-refractivity contribution in [3.8, 4) is 5.75 Å². The first-order chi connectivity index (χ1) is 14.0. The quantitative estimate of drug-likeness (QED) is 0.560. The molecular weight excluding hydrogens is 389 g/mol. The standard InChI is InChI=1S/C23H24FNO3S/c1-3-15-28-19-11-7-17(8-12-19)20-21(29-4-2)23(27)25(22(20)26)14-13-16-5-9-18(24)10-6-16/h5-12H,3-4,13-15H2,1-2H3. The third-order valence-electron chi connectivity index (χ3n) is 4.57. The molecule has 0 N–H and O–H groups in total. The largest absolute Gasteiger partial charge is 0.494 e. The van der Waals surface area contributed by atoms with E-state index >= 15 is 0 Å². The first-order valence-corrected chi connectivity index (χ1v) is 10.7. The number of hydrogen-bond donors (Lipinski definition) is 0. The minimum absolute atomic E-state index is 0.259. The van der Waals surface area contributed by atoms with Gasteiger partial charge in [0, 0.05) is 6.54 Å². The highest BCUT2D eigenvalue weighted by atomic mass is 32.2. The Bertz CT molecular complexity index is 907. The molecule has 29 heavy (non-hydrogen) atoms. The molecule has 4 nitrogen and oxygen atoms in total. The Hall–Kier alpha value is -2.60. The Morgan fingerprint density at radius 3 is 2.28 bits per heavy atom. The van der Waals surface area contributed by atoms with Crippen LogP contribution in [0.1, 0.15) is 31.4 Å². The van der Waals surface area contributed by atoms with Crippen LogP contribution in [-0.4, -0.2) is 35.6 Å². The van der Waals surface area contributed by atoms with Crippen molar-refractivity contribution in [1.82, 2.24) is 4.90 Å². The molecule has 0 spiro atoms. The van der Waals surface area contributed by atoms with Gasteiger partial charge in [-0.2, -0.15) is 0 Å². The van der Waals surface area contributed by atoms with Gasteiger partial charge >= 0.3 is 0 Å². The smallest absolute Gasteiger partial charge is 0.267 e. The van der Waals surface area contributed by atoms with Gasteiger partial charge in [0.25, 0.3) is 11.8 Å². The van der Waals surface area contributed by atoms with E-state index in [-0.39, 0.29) is 24.2 Å². The summed E-state index contributed by atoms with van der Waals surface area (Å²) in [7, 11) is 0. The summed E-state index contributed by atoms with van der Waals surface area (Å²) in [6.45, 7) is 4.89. The van der Waals surface area contributed by atoms with Crippen molar-refractivity contribution in [1.29, 1.82) is 0 Å². The summed E-state index contributed by atoms with van der Waals surface area (Å²) in [5, 5.41) is 0. The molecule has 2 aromatic rings. The molecule has 1 heterocycles. The molecule has 0 radical (unpaired) electrons. The van der Waals surface area contributed by atoms with Crippen molar-refractivity contribution in [2.75, 3.05) is 18.9 Å². The fourth-order valence-corrected chi connectivity index (χ4v) is 3.99. The van der Waals surface area contributed by atoms with Gasteiger partial charge < -0.3 is 4.74 Å². The second kappa shape index (κ2) is 9.74. The van der Waals surface area contributed by atoms with E-state index in [4.69, 9.17) is 4.74 Å². The van der Waals surface area contributed by atoms with Crippen molar-refractivity contribution in [2.24, 2.45) is 0 Å². The summed E-state index contributed by atoms with van der Waals surface area (Å²) < 4.78 is 18.7. The van der Waals surface area contributed by atoms with Crippen LogP contribution in [0.15, 0.2) is 53.4 Å². The topological polar surface area (TPSA) is 46.6 Å². The molecule has 1 aliphatic rings. The van der Waals surface area contributed by atoms with Gasteiger partial charge in [0.1, 0.15) is 11.6 Å². The molecular formula is C23H24FNO3S. The van der Waals surface area contributed by atoms with Crippen molar-refractivity contribution in [3.05, 3.63) is 70.4 Å². The normalized spacial score (nSPS) is 14.1. The van der Waals surface area contributed by atoms with Crippen molar-refractivity contribution in [3.63, 3.8) is 0 Å². The number of rotatable bonds is 9. The average molecular weight is 414 g/mol. The molecule has 0 atom stereocenters. The maximum absolute atomic E-state index is 13.1. The molecule has 6 heteroatoms. The lowest BCUT2D eigenvalue weighted by Gasteiger charge is -2.15. The molecule has 2 aromatic carbocycles. The van der Waals surface area contributed by atoms with E-state index in [2.05, 4.69) is 0 Å². The van der Waals surface area contributed by atoms with E-state index in [9.17, 15) is 14.0 Å². The molecule has 3 rings (SSSR count). The van der Waals surface area contributed by atoms with Crippen molar-refractivity contribution in [2.45, 2.75) is 26.7 Å². The van der Waals surface area contributed by atoms with Crippen LogP contribution in [0.2, 0.25) is 0 Å². The summed E-state index contributed by atoms with van der Waals surface area (Å²) in [6, 6.07) is 13.4. The Kier molecular flexibility index (Phi) is 7.09. The van der Waals surface area contributed by atoms with Crippen LogP contribution in [0, 0.1) is 5.82 Å². The third kappa shape index (κ3) is 4.88. The molecule has 0 saturated carbocycles. The predicted octanol–water partition coefficient (Wildman–Crippen LogP) is 4.69. The van der Waals surface area contributed by atoms with Gasteiger partial charge in [-0.1, -0.05) is 38.1 Å². The number of hydrogen-bond acceptors (Lipinski definition) is 4. The number of thioether (sulfide) groups is 1. The van der Waals surface area contributed by atoms with Crippen LogP contribution in [0.5, 0.6) is 5.75 Å². The molecule has 152 valence electrons. The number of carbonyl (C=O) groups is 2. The van der Waals surface area contributed by atoms with Crippen LogP contribution >= 0.6 is 11.8 Å². The Balaban J connectivity index is 1.80. The number of halogens is 1. The predicted molar refractivity (Wildman–Crippen MR) is 114 cm³/mol. The Labute approximate surface area is 174 Å². The van der Waals surface area contributed by atoms with E-state index in [1.54, 1.807) is 12.1 Å². The lowest BCUT2D eigenvalue weighted by atomic mass is 10.1. The maximum Gasteiger partial charge on any atom is 0.267 e. The van der Waals surface area contributed by atoms with Gasteiger partial charge in [0.05, 0.1) is 17.1 Å². The van der Waals surface area contributed by atoms with Gasteiger partial charge in [-0.05, 0) is 54.0 Å². The van der Waals surface area contributed by atoms with Crippen LogP contribution in [0.4, 0.5) is 4.39 Å². The summed E-state index contributed by atoms with van der Waals surface area (Å²) in [6.07, 6.45) is 1.40. The summed E-state index contributed by atoms with van der Waals surface area (Å²) in [5.41, 5.74) is 2.04. The first-order valence-electron chi connectivity index (χ1n) is 9.76. The molecule has 0 aromatic heterocycles. The summed E-state index contributed by atoms with van der Waals surface area (Å²) >= 11 is 1.39. The number of amides is 2. The fraction of sp³-hybridized carbons (Fsp3) is 0.304. The van der Waals surface area contributed by atoms with Gasteiger partial charge in [-0.15, -0.1) is 11.8 Å². The van der Waals surface area contributed by atoms with E-state index in [1.165, 1.54) is 28.8 Å². The van der Waals surface area contributed by atoms with E-state index in [1.807, 2.05) is 38.1 Å². The van der Waals surface area contributed by atoms with E-state index in [0.717, 1.165) is 17.7 Å². The highest BCUT2D eigenvalue weighted by molar-refractivity contribution is 8.04. The minimum Gasteiger partial charge on any atom is -0.494 e.